The number of aromatic nitrogens is 1. The number of carbonyl (C=O) groups is 2. The topological polar surface area (TPSA) is 88.5 Å². The van der Waals surface area contributed by atoms with Crippen LogP contribution in [-0.4, -0.2) is 35.6 Å². The van der Waals surface area contributed by atoms with Gasteiger partial charge in [0.1, 0.15) is 18.0 Å². The molecule has 1 aromatic rings. The van der Waals surface area contributed by atoms with Crippen molar-refractivity contribution in [2.45, 2.75) is 12.8 Å². The summed E-state index contributed by atoms with van der Waals surface area (Å²) in [5.41, 5.74) is 1.87. The third-order valence-corrected chi connectivity index (χ3v) is 3.22. The Kier molecular flexibility index (Phi) is 4.21. The van der Waals surface area contributed by atoms with Crippen LogP contribution < -0.4 is 10.1 Å². The first-order valence-electron chi connectivity index (χ1n) is 5.83. The zero-order valence-corrected chi connectivity index (χ0v) is 10.8. The predicted molar refractivity (Wildman–Crippen MR) is 67.7 cm³/mol. The van der Waals surface area contributed by atoms with E-state index in [-0.39, 0.29) is 19.1 Å². The molecule has 0 radical (unpaired) electrons. The number of halogens is 1. The average molecular weight is 285 g/mol. The molecule has 7 heteroatoms. The normalized spacial score (nSPS) is 16.8. The summed E-state index contributed by atoms with van der Waals surface area (Å²) in [5, 5.41) is 10.9. The SMILES string of the molecule is O=CC1Cc2cc(OCCNC(=O)O)nc(Cl)c2C1. The lowest BCUT2D eigenvalue weighted by molar-refractivity contribution is -0.110. The number of ether oxygens (including phenoxy) is 1. The number of pyridine rings is 1. The van der Waals surface area contributed by atoms with Crippen LogP contribution in [0.2, 0.25) is 5.15 Å². The Hall–Kier alpha value is -1.82. The van der Waals surface area contributed by atoms with Crippen molar-refractivity contribution in [1.29, 1.82) is 0 Å². The molecule has 0 aliphatic heterocycles. The van der Waals surface area contributed by atoms with Gasteiger partial charge in [0.2, 0.25) is 5.88 Å². The van der Waals surface area contributed by atoms with Gasteiger partial charge >= 0.3 is 6.09 Å². The lowest BCUT2D eigenvalue weighted by Gasteiger charge is -2.08. The molecule has 1 aliphatic carbocycles. The fraction of sp³-hybridized carbons (Fsp3) is 0.417. The fourth-order valence-corrected chi connectivity index (χ4v) is 2.34. The molecule has 1 heterocycles. The maximum atomic E-state index is 10.8. The monoisotopic (exact) mass is 284 g/mol. The number of nitrogens with one attached hydrogen (secondary N) is 1. The molecule has 2 N–H and O–H groups in total. The summed E-state index contributed by atoms with van der Waals surface area (Å²) in [6, 6.07) is 1.76. The molecule has 1 aliphatic rings. The van der Waals surface area contributed by atoms with Crippen molar-refractivity contribution in [1.82, 2.24) is 10.3 Å². The standard InChI is InChI=1S/C12H13ClN2O4/c13-11-9-4-7(6-16)3-8(9)5-10(15-11)19-2-1-14-12(17)18/h5-7,14H,1-4H2,(H,17,18). The highest BCUT2D eigenvalue weighted by Gasteiger charge is 2.24. The number of hydrogen-bond acceptors (Lipinski definition) is 4. The molecular formula is C12H13ClN2O4. The fourth-order valence-electron chi connectivity index (χ4n) is 2.06. The van der Waals surface area contributed by atoms with E-state index in [0.29, 0.717) is 23.9 Å². The summed E-state index contributed by atoms with van der Waals surface area (Å²) >= 11 is 6.04. The van der Waals surface area contributed by atoms with E-state index in [1.807, 2.05) is 0 Å². The predicted octanol–water partition coefficient (Wildman–Crippen LogP) is 1.30. The molecule has 0 aromatic carbocycles. The lowest BCUT2D eigenvalue weighted by atomic mass is 10.1. The van der Waals surface area contributed by atoms with Crippen LogP contribution >= 0.6 is 11.6 Å². The van der Waals surface area contributed by atoms with Gasteiger partial charge < -0.3 is 20.0 Å². The number of fused-ring (bicyclic) bond motifs is 1. The first-order valence-corrected chi connectivity index (χ1v) is 6.21. The van der Waals surface area contributed by atoms with E-state index in [0.717, 1.165) is 17.4 Å². The van der Waals surface area contributed by atoms with Gasteiger partial charge in [-0.2, -0.15) is 0 Å². The highest BCUT2D eigenvalue weighted by atomic mass is 35.5. The maximum absolute atomic E-state index is 10.8. The van der Waals surface area contributed by atoms with Gasteiger partial charge in [-0.25, -0.2) is 9.78 Å². The van der Waals surface area contributed by atoms with Gasteiger partial charge in [-0.15, -0.1) is 0 Å². The lowest BCUT2D eigenvalue weighted by Crippen LogP contribution is -2.26. The summed E-state index contributed by atoms with van der Waals surface area (Å²) < 4.78 is 5.32. The number of carbonyl (C=O) groups excluding carboxylic acids is 1. The van der Waals surface area contributed by atoms with Crippen molar-refractivity contribution >= 4 is 24.0 Å². The maximum Gasteiger partial charge on any atom is 0.404 e. The Morgan fingerprint density at radius 2 is 2.42 bits per heavy atom. The number of amides is 1. The van der Waals surface area contributed by atoms with Crippen molar-refractivity contribution in [2.75, 3.05) is 13.2 Å². The van der Waals surface area contributed by atoms with Crippen LogP contribution in [0.1, 0.15) is 11.1 Å². The molecule has 0 saturated carbocycles. The quantitative estimate of drug-likeness (QED) is 0.483. The van der Waals surface area contributed by atoms with Crippen LogP contribution in [0, 0.1) is 5.92 Å². The average Bonchev–Trinajstić information content (AvgIpc) is 2.78. The minimum absolute atomic E-state index is 0.0433. The number of hydrogen-bond donors (Lipinski definition) is 2. The molecule has 1 amide bonds. The summed E-state index contributed by atoms with van der Waals surface area (Å²) in [5.74, 6) is 0.306. The van der Waals surface area contributed by atoms with Crippen LogP contribution in [0.5, 0.6) is 5.88 Å². The minimum Gasteiger partial charge on any atom is -0.476 e. The smallest absolute Gasteiger partial charge is 0.404 e. The van der Waals surface area contributed by atoms with Gasteiger partial charge in [0.05, 0.1) is 6.54 Å². The van der Waals surface area contributed by atoms with Gasteiger partial charge in [0, 0.05) is 12.0 Å². The van der Waals surface area contributed by atoms with E-state index in [4.69, 9.17) is 21.4 Å². The zero-order valence-electron chi connectivity index (χ0n) is 10.1. The summed E-state index contributed by atoms with van der Waals surface area (Å²) in [6.07, 6.45) is 1.08. The van der Waals surface area contributed by atoms with E-state index in [2.05, 4.69) is 10.3 Å². The molecule has 0 spiro atoms. The van der Waals surface area contributed by atoms with Crippen LogP contribution in [0.15, 0.2) is 6.07 Å². The van der Waals surface area contributed by atoms with E-state index in [1.54, 1.807) is 6.07 Å². The van der Waals surface area contributed by atoms with Crippen LogP contribution in [0.25, 0.3) is 0 Å². The Morgan fingerprint density at radius 3 is 3.11 bits per heavy atom. The summed E-state index contributed by atoms with van der Waals surface area (Å²) in [6.45, 7) is 0.341. The zero-order chi connectivity index (χ0) is 13.8. The van der Waals surface area contributed by atoms with Crippen LogP contribution in [0.4, 0.5) is 4.79 Å². The highest BCUT2D eigenvalue weighted by Crippen LogP contribution is 2.32. The first-order chi connectivity index (χ1) is 9.10. The number of aldehydes is 1. The van der Waals surface area contributed by atoms with E-state index in [1.165, 1.54) is 0 Å². The Bertz CT molecular complexity index is 507. The van der Waals surface area contributed by atoms with E-state index < -0.39 is 6.09 Å². The van der Waals surface area contributed by atoms with Gasteiger partial charge in [-0.1, -0.05) is 11.6 Å². The van der Waals surface area contributed by atoms with Crippen molar-refractivity contribution in [3.05, 3.63) is 22.3 Å². The van der Waals surface area contributed by atoms with Crippen LogP contribution in [0.3, 0.4) is 0 Å². The third kappa shape index (κ3) is 3.35. The number of carboxylic acid groups (broad SMARTS) is 1. The van der Waals surface area contributed by atoms with Crippen molar-refractivity contribution in [3.63, 3.8) is 0 Å². The van der Waals surface area contributed by atoms with Crippen molar-refractivity contribution in [2.24, 2.45) is 5.92 Å². The largest absolute Gasteiger partial charge is 0.476 e. The molecule has 102 valence electrons. The second kappa shape index (κ2) is 5.88. The number of nitrogens with zero attached hydrogens (tertiary/aromatic N) is 1. The molecular weight excluding hydrogens is 272 g/mol. The Labute approximate surface area is 114 Å². The molecule has 2 rings (SSSR count). The van der Waals surface area contributed by atoms with E-state index >= 15 is 0 Å². The van der Waals surface area contributed by atoms with Gasteiger partial charge in [-0.3, -0.25) is 0 Å². The second-order valence-electron chi connectivity index (χ2n) is 4.27. The Balaban J connectivity index is 1.99. The van der Waals surface area contributed by atoms with Gasteiger partial charge in [0.15, 0.2) is 0 Å². The third-order valence-electron chi connectivity index (χ3n) is 2.91. The summed E-state index contributed by atoms with van der Waals surface area (Å²) in [4.78, 5) is 25.1. The minimum atomic E-state index is -1.10. The highest BCUT2D eigenvalue weighted by molar-refractivity contribution is 6.30. The van der Waals surface area contributed by atoms with Gasteiger partial charge in [-0.05, 0) is 24.0 Å². The van der Waals surface area contributed by atoms with Crippen molar-refractivity contribution < 1.29 is 19.4 Å². The Morgan fingerprint density at radius 1 is 1.63 bits per heavy atom. The number of rotatable bonds is 5. The molecule has 1 aromatic heterocycles. The van der Waals surface area contributed by atoms with E-state index in [9.17, 15) is 9.59 Å². The first kappa shape index (κ1) is 13.6. The molecule has 1 unspecified atom stereocenters. The molecule has 0 saturated heterocycles. The molecule has 1 atom stereocenters. The summed E-state index contributed by atoms with van der Waals surface area (Å²) in [7, 11) is 0. The molecule has 0 fully saturated rings. The molecule has 0 bridgehead atoms. The van der Waals surface area contributed by atoms with Crippen LogP contribution in [-0.2, 0) is 17.6 Å². The van der Waals surface area contributed by atoms with Gasteiger partial charge in [0.25, 0.3) is 0 Å². The molecule has 19 heavy (non-hydrogen) atoms. The second-order valence-corrected chi connectivity index (χ2v) is 4.63. The molecule has 6 nitrogen and oxygen atoms in total. The van der Waals surface area contributed by atoms with Crippen molar-refractivity contribution in [3.8, 4) is 5.88 Å².